The lowest BCUT2D eigenvalue weighted by Crippen LogP contribution is -2.53. The van der Waals surface area contributed by atoms with Gasteiger partial charge in [-0.05, 0) is 30.2 Å². The molecule has 4 rings (SSSR count). The summed E-state index contributed by atoms with van der Waals surface area (Å²) in [5, 5.41) is 0. The Morgan fingerprint density at radius 1 is 1.21 bits per heavy atom. The Morgan fingerprint density at radius 2 is 1.88 bits per heavy atom. The van der Waals surface area contributed by atoms with Gasteiger partial charge in [-0.2, -0.15) is 0 Å². The molecule has 5 nitrogen and oxygen atoms in total. The van der Waals surface area contributed by atoms with Crippen molar-refractivity contribution in [3.8, 4) is 5.75 Å². The molecule has 0 saturated carbocycles. The first-order valence-corrected chi connectivity index (χ1v) is 10.6. The topological polar surface area (TPSA) is 63.7 Å². The van der Waals surface area contributed by atoms with Crippen LogP contribution in [0.15, 0.2) is 36.4 Å². The van der Waals surface area contributed by atoms with E-state index < -0.39 is 31.7 Å². The average molecular weight is 365 g/mol. The number of carbonyl (C=O) groups is 1. The monoisotopic (exact) mass is 365 g/mol. The van der Waals surface area contributed by atoms with Crippen molar-refractivity contribution < 1.29 is 17.9 Å². The van der Waals surface area contributed by atoms with Crippen molar-refractivity contribution in [2.24, 2.45) is 0 Å². The Morgan fingerprint density at radius 3 is 2.50 bits per heavy atom. The van der Waals surface area contributed by atoms with Crippen LogP contribution in [-0.2, 0) is 32.9 Å². The summed E-state index contributed by atoms with van der Waals surface area (Å²) in [6.45, 7) is 0.575. The zero-order chi connectivity index (χ0) is 16.9. The predicted molar refractivity (Wildman–Crippen MR) is 93.6 cm³/mol. The highest BCUT2D eigenvalue weighted by atomic mass is 32.3. The van der Waals surface area contributed by atoms with Crippen LogP contribution in [0.2, 0.25) is 0 Å². The van der Waals surface area contributed by atoms with Gasteiger partial charge in [0.05, 0.1) is 7.11 Å². The van der Waals surface area contributed by atoms with E-state index >= 15 is 0 Å². The molecule has 7 heteroatoms. The maximum Gasteiger partial charge on any atom is 0.175 e. The van der Waals surface area contributed by atoms with Crippen LogP contribution >= 0.6 is 0 Å². The molecule has 0 unspecified atom stereocenters. The Labute approximate surface area is 146 Å². The second kappa shape index (κ2) is 5.89. The molecule has 3 aliphatic rings. The Kier molecular flexibility index (Phi) is 3.97. The third kappa shape index (κ3) is 2.25. The highest BCUT2D eigenvalue weighted by molar-refractivity contribution is 8.07. The van der Waals surface area contributed by atoms with E-state index in [9.17, 15) is 13.2 Å². The van der Waals surface area contributed by atoms with Gasteiger partial charge in [0.15, 0.2) is 5.78 Å². The summed E-state index contributed by atoms with van der Waals surface area (Å²) in [6.07, 6.45) is 4.00. The molecular formula is C17H19NO4S2. The van der Waals surface area contributed by atoms with Gasteiger partial charge in [-0.1, -0.05) is 18.2 Å². The van der Waals surface area contributed by atoms with Crippen LogP contribution in [0, 0.1) is 0 Å². The minimum atomic E-state index is -1.22. The van der Waals surface area contributed by atoms with Crippen LogP contribution < -0.4 is 4.74 Å². The van der Waals surface area contributed by atoms with Gasteiger partial charge in [0, 0.05) is 45.7 Å². The van der Waals surface area contributed by atoms with Crippen LogP contribution in [0.1, 0.15) is 12.0 Å². The maximum atomic E-state index is 12.7. The van der Waals surface area contributed by atoms with Crippen molar-refractivity contribution in [2.75, 3.05) is 18.6 Å². The van der Waals surface area contributed by atoms with Gasteiger partial charge in [-0.3, -0.25) is 18.1 Å². The predicted octanol–water partition coefficient (Wildman–Crippen LogP) is 0.984. The highest BCUT2D eigenvalue weighted by Gasteiger charge is 2.64. The van der Waals surface area contributed by atoms with Crippen molar-refractivity contribution in [3.05, 3.63) is 42.0 Å². The summed E-state index contributed by atoms with van der Waals surface area (Å²) in [5.74, 6) is 1.57. The molecule has 3 heterocycles. The molecule has 2 fully saturated rings. The average Bonchev–Trinajstić information content (AvgIpc) is 3.00. The lowest BCUT2D eigenvalue weighted by molar-refractivity contribution is -0.119. The number of benzene rings is 1. The zero-order valence-corrected chi connectivity index (χ0v) is 15.0. The van der Waals surface area contributed by atoms with Crippen LogP contribution in [0.25, 0.3) is 0 Å². The number of nitrogens with zero attached hydrogens (tertiary/aromatic N) is 1. The number of carbonyl (C=O) groups excluding carboxylic acids is 1. The van der Waals surface area contributed by atoms with E-state index in [-0.39, 0.29) is 11.8 Å². The fraction of sp³-hybridized carbons (Fsp3) is 0.471. The maximum absolute atomic E-state index is 12.7. The molecule has 1 spiro atoms. The minimum absolute atomic E-state index is 0.0146. The van der Waals surface area contributed by atoms with E-state index in [1.165, 1.54) is 0 Å². The van der Waals surface area contributed by atoms with Gasteiger partial charge in [-0.15, -0.1) is 0 Å². The van der Waals surface area contributed by atoms with E-state index in [0.717, 1.165) is 11.3 Å². The molecule has 1 aromatic carbocycles. The standard InChI is InChI=1S/C17H19NO4S2/c1-22-14-5-2-12(3-6-14)11-18-13-4-7-15(19)16(18)17(10-13)23(20)8-9-24(17)21/h2-7,13,16H,8-11H2,1H3/t13-,16+,23+,24+/m0/s1. The molecule has 1 aromatic rings. The molecule has 0 radical (unpaired) electrons. The SMILES string of the molecule is COc1ccc(CN2[C@H]3C=CC(=O)[C@@H]2C2(C3)[S@](=O)CC[S@]2=O)cc1. The number of ketones is 1. The minimum Gasteiger partial charge on any atom is -0.497 e. The Bertz CT molecular complexity index is 742. The second-order valence-corrected chi connectivity index (χ2v) is 10.3. The van der Waals surface area contributed by atoms with E-state index in [1.54, 1.807) is 13.2 Å². The van der Waals surface area contributed by atoms with Crippen LogP contribution in [0.3, 0.4) is 0 Å². The molecule has 2 bridgehead atoms. The number of methoxy groups -OCH3 is 1. The van der Waals surface area contributed by atoms with Crippen LogP contribution in [0.5, 0.6) is 5.75 Å². The molecule has 0 amide bonds. The summed E-state index contributed by atoms with van der Waals surface area (Å²) in [4.78, 5) is 14.7. The Balaban J connectivity index is 1.68. The van der Waals surface area contributed by atoms with Crippen molar-refractivity contribution in [3.63, 3.8) is 0 Å². The molecule has 3 aliphatic heterocycles. The van der Waals surface area contributed by atoms with Gasteiger partial charge in [0.1, 0.15) is 15.9 Å². The molecule has 0 N–H and O–H groups in total. The smallest absolute Gasteiger partial charge is 0.175 e. The summed E-state index contributed by atoms with van der Waals surface area (Å²) in [5.41, 5.74) is 1.06. The summed E-state index contributed by atoms with van der Waals surface area (Å²) < 4.78 is 29.6. The molecule has 0 aliphatic carbocycles. The third-order valence-electron chi connectivity index (χ3n) is 5.17. The van der Waals surface area contributed by atoms with Crippen molar-refractivity contribution in [2.45, 2.75) is 29.1 Å². The van der Waals surface area contributed by atoms with Gasteiger partial charge < -0.3 is 4.74 Å². The fourth-order valence-corrected chi connectivity index (χ4v) is 8.95. The summed E-state index contributed by atoms with van der Waals surface area (Å²) >= 11 is 0. The number of hydrogen-bond acceptors (Lipinski definition) is 5. The number of rotatable bonds is 3. The van der Waals surface area contributed by atoms with E-state index in [2.05, 4.69) is 4.90 Å². The fourth-order valence-electron chi connectivity index (χ4n) is 4.01. The van der Waals surface area contributed by atoms with Crippen LogP contribution in [0.4, 0.5) is 0 Å². The third-order valence-corrected chi connectivity index (χ3v) is 10.0. The zero-order valence-electron chi connectivity index (χ0n) is 13.3. The summed E-state index contributed by atoms with van der Waals surface area (Å²) in [7, 11) is -0.826. The summed E-state index contributed by atoms with van der Waals surface area (Å²) in [6, 6.07) is 7.19. The second-order valence-electron chi connectivity index (χ2n) is 6.37. The van der Waals surface area contributed by atoms with E-state index in [0.29, 0.717) is 24.5 Å². The molecule has 128 valence electrons. The number of ether oxygens (including phenoxy) is 1. The van der Waals surface area contributed by atoms with Gasteiger partial charge in [0.2, 0.25) is 0 Å². The van der Waals surface area contributed by atoms with Crippen molar-refractivity contribution in [1.82, 2.24) is 4.90 Å². The first-order chi connectivity index (χ1) is 11.6. The van der Waals surface area contributed by atoms with Crippen molar-refractivity contribution in [1.29, 1.82) is 0 Å². The first kappa shape index (κ1) is 16.2. The molecule has 2 saturated heterocycles. The molecular weight excluding hydrogens is 346 g/mol. The molecule has 0 aromatic heterocycles. The lowest BCUT2D eigenvalue weighted by Gasteiger charge is -2.34. The number of fused-ring (bicyclic) bond motifs is 3. The lowest BCUT2D eigenvalue weighted by atomic mass is 10.1. The van der Waals surface area contributed by atoms with Gasteiger partial charge >= 0.3 is 0 Å². The number of hydrogen-bond donors (Lipinski definition) is 0. The highest BCUT2D eigenvalue weighted by Crippen LogP contribution is 2.47. The first-order valence-electron chi connectivity index (χ1n) is 7.94. The van der Waals surface area contributed by atoms with E-state index in [1.807, 2.05) is 30.3 Å². The van der Waals surface area contributed by atoms with Gasteiger partial charge in [0.25, 0.3) is 0 Å². The largest absolute Gasteiger partial charge is 0.497 e. The van der Waals surface area contributed by atoms with E-state index in [4.69, 9.17) is 4.74 Å². The Hall–Kier alpha value is -1.31. The van der Waals surface area contributed by atoms with Crippen LogP contribution in [-0.4, -0.2) is 53.9 Å². The quantitative estimate of drug-likeness (QED) is 0.799. The normalized spacial score (nSPS) is 34.1. The van der Waals surface area contributed by atoms with Gasteiger partial charge in [-0.25, -0.2) is 0 Å². The molecule has 24 heavy (non-hydrogen) atoms. The van der Waals surface area contributed by atoms with Crippen molar-refractivity contribution >= 4 is 27.4 Å². The molecule has 4 atom stereocenters.